The fraction of sp³-hybridized carbons (Fsp3) is 0.769. The molecule has 0 aliphatic rings. The summed E-state index contributed by atoms with van der Waals surface area (Å²) in [4.78, 5) is 0. The maximum Gasteiger partial charge on any atom is 0.0817 e. The van der Waals surface area contributed by atoms with Crippen LogP contribution in [0.15, 0.2) is 6.20 Å². The van der Waals surface area contributed by atoms with Gasteiger partial charge in [0, 0.05) is 6.54 Å². The number of nitrogens with one attached hydrogen (secondary N) is 1. The smallest absolute Gasteiger partial charge is 0.0817 e. The third-order valence-electron chi connectivity index (χ3n) is 2.65. The van der Waals surface area contributed by atoms with Gasteiger partial charge in [0.1, 0.15) is 0 Å². The van der Waals surface area contributed by atoms with Crippen LogP contribution in [0.3, 0.4) is 0 Å². The molecule has 4 heteroatoms. The number of hydrogen-bond acceptors (Lipinski definition) is 2. The fourth-order valence-corrected chi connectivity index (χ4v) is 2.05. The lowest BCUT2D eigenvalue weighted by atomic mass is 10.2. The SMILES string of the molecule is CCCn1ncc(Cl)c1CCCNCC(C)C. The Morgan fingerprint density at radius 2 is 2.24 bits per heavy atom. The van der Waals surface area contributed by atoms with Crippen molar-refractivity contribution in [2.24, 2.45) is 5.92 Å². The van der Waals surface area contributed by atoms with Crippen LogP contribution in [-0.4, -0.2) is 22.9 Å². The molecular weight excluding hydrogens is 234 g/mol. The number of rotatable bonds is 8. The third-order valence-corrected chi connectivity index (χ3v) is 2.97. The Bertz CT molecular complexity index is 320. The molecule has 0 radical (unpaired) electrons. The van der Waals surface area contributed by atoms with Crippen molar-refractivity contribution in [1.82, 2.24) is 15.1 Å². The molecule has 1 aromatic rings. The second-order valence-electron chi connectivity index (χ2n) is 4.86. The first-order chi connectivity index (χ1) is 8.15. The Kier molecular flexibility index (Phi) is 6.60. The van der Waals surface area contributed by atoms with E-state index < -0.39 is 0 Å². The first kappa shape index (κ1) is 14.5. The van der Waals surface area contributed by atoms with Gasteiger partial charge in [-0.25, -0.2) is 0 Å². The fourth-order valence-electron chi connectivity index (χ4n) is 1.81. The van der Waals surface area contributed by atoms with Crippen LogP contribution in [0.4, 0.5) is 0 Å². The first-order valence-corrected chi connectivity index (χ1v) is 6.93. The molecule has 0 atom stereocenters. The third kappa shape index (κ3) is 5.09. The molecule has 0 fully saturated rings. The Hall–Kier alpha value is -0.540. The first-order valence-electron chi connectivity index (χ1n) is 6.56. The van der Waals surface area contributed by atoms with Gasteiger partial charge in [-0.05, 0) is 38.3 Å². The molecule has 0 spiro atoms. The Labute approximate surface area is 110 Å². The largest absolute Gasteiger partial charge is 0.316 e. The van der Waals surface area contributed by atoms with Crippen LogP contribution in [0.5, 0.6) is 0 Å². The Morgan fingerprint density at radius 1 is 1.47 bits per heavy atom. The van der Waals surface area contributed by atoms with Gasteiger partial charge in [0.2, 0.25) is 0 Å². The molecule has 3 nitrogen and oxygen atoms in total. The minimum atomic E-state index is 0.712. The van der Waals surface area contributed by atoms with Crippen molar-refractivity contribution >= 4 is 11.6 Å². The van der Waals surface area contributed by atoms with E-state index in [0.29, 0.717) is 5.92 Å². The molecule has 98 valence electrons. The molecule has 0 aliphatic carbocycles. The van der Waals surface area contributed by atoms with Crippen LogP contribution in [0, 0.1) is 5.92 Å². The minimum Gasteiger partial charge on any atom is -0.316 e. The van der Waals surface area contributed by atoms with E-state index in [1.54, 1.807) is 6.20 Å². The van der Waals surface area contributed by atoms with E-state index in [1.807, 2.05) is 4.68 Å². The predicted molar refractivity (Wildman–Crippen MR) is 73.6 cm³/mol. The molecule has 17 heavy (non-hydrogen) atoms. The van der Waals surface area contributed by atoms with Gasteiger partial charge in [0.15, 0.2) is 0 Å². The van der Waals surface area contributed by atoms with E-state index in [1.165, 1.54) is 5.69 Å². The Morgan fingerprint density at radius 3 is 2.88 bits per heavy atom. The number of halogens is 1. The summed E-state index contributed by atoms with van der Waals surface area (Å²) in [5.74, 6) is 0.712. The van der Waals surface area contributed by atoms with Crippen molar-refractivity contribution in [2.75, 3.05) is 13.1 Å². The molecule has 0 bridgehead atoms. The van der Waals surface area contributed by atoms with Gasteiger partial charge in [-0.15, -0.1) is 0 Å². The van der Waals surface area contributed by atoms with Gasteiger partial charge in [0.25, 0.3) is 0 Å². The molecule has 0 amide bonds. The highest BCUT2D eigenvalue weighted by Crippen LogP contribution is 2.17. The normalized spacial score (nSPS) is 11.4. The summed E-state index contributed by atoms with van der Waals surface area (Å²) in [6.07, 6.45) is 4.97. The Balaban J connectivity index is 2.32. The standard InChI is InChI=1S/C13H24ClN3/c1-4-8-17-13(12(14)10-16-17)6-5-7-15-9-11(2)3/h10-11,15H,4-9H2,1-3H3. The van der Waals surface area contributed by atoms with Crippen molar-refractivity contribution in [3.63, 3.8) is 0 Å². The summed E-state index contributed by atoms with van der Waals surface area (Å²) >= 11 is 6.14. The van der Waals surface area contributed by atoms with Crippen molar-refractivity contribution < 1.29 is 0 Å². The summed E-state index contributed by atoms with van der Waals surface area (Å²) in [5, 5.41) is 8.55. The average molecular weight is 258 g/mol. The summed E-state index contributed by atoms with van der Waals surface area (Å²) < 4.78 is 2.03. The van der Waals surface area contributed by atoms with Crippen LogP contribution >= 0.6 is 11.6 Å². The zero-order chi connectivity index (χ0) is 12.7. The molecular formula is C13H24ClN3. The van der Waals surface area contributed by atoms with Crippen LogP contribution in [0.1, 0.15) is 39.3 Å². The van der Waals surface area contributed by atoms with E-state index in [0.717, 1.165) is 43.9 Å². The molecule has 1 aromatic heterocycles. The molecule has 1 heterocycles. The lowest BCUT2D eigenvalue weighted by molar-refractivity contribution is 0.528. The molecule has 0 aliphatic heterocycles. The lowest BCUT2D eigenvalue weighted by Crippen LogP contribution is -2.21. The second-order valence-corrected chi connectivity index (χ2v) is 5.27. The topological polar surface area (TPSA) is 29.9 Å². The van der Waals surface area contributed by atoms with Crippen LogP contribution in [0.2, 0.25) is 5.02 Å². The zero-order valence-corrected chi connectivity index (χ0v) is 11.9. The summed E-state index contributed by atoms with van der Waals surface area (Å²) in [6.45, 7) is 9.69. The highest BCUT2D eigenvalue weighted by atomic mass is 35.5. The van der Waals surface area contributed by atoms with Gasteiger partial charge >= 0.3 is 0 Å². The maximum atomic E-state index is 6.14. The van der Waals surface area contributed by atoms with E-state index >= 15 is 0 Å². The number of hydrogen-bond donors (Lipinski definition) is 1. The summed E-state index contributed by atoms with van der Waals surface area (Å²) in [7, 11) is 0. The van der Waals surface area contributed by atoms with Crippen molar-refractivity contribution in [2.45, 2.75) is 46.6 Å². The predicted octanol–water partition coefficient (Wildman–Crippen LogP) is 3.12. The average Bonchev–Trinajstić information content (AvgIpc) is 2.61. The van der Waals surface area contributed by atoms with Gasteiger partial charge in [0.05, 0.1) is 16.9 Å². The molecule has 1 N–H and O–H groups in total. The highest BCUT2D eigenvalue weighted by Gasteiger charge is 2.07. The van der Waals surface area contributed by atoms with Crippen LogP contribution < -0.4 is 5.32 Å². The van der Waals surface area contributed by atoms with Crippen molar-refractivity contribution in [1.29, 1.82) is 0 Å². The van der Waals surface area contributed by atoms with Crippen LogP contribution in [-0.2, 0) is 13.0 Å². The summed E-state index contributed by atoms with van der Waals surface area (Å²) in [6, 6.07) is 0. The summed E-state index contributed by atoms with van der Waals surface area (Å²) in [5.41, 5.74) is 1.18. The van der Waals surface area contributed by atoms with E-state index in [-0.39, 0.29) is 0 Å². The maximum absolute atomic E-state index is 6.14. The molecule has 0 saturated heterocycles. The van der Waals surface area contributed by atoms with Gasteiger partial charge in [-0.2, -0.15) is 5.10 Å². The van der Waals surface area contributed by atoms with E-state index in [4.69, 9.17) is 11.6 Å². The molecule has 1 rings (SSSR count). The highest BCUT2D eigenvalue weighted by molar-refractivity contribution is 6.31. The quantitative estimate of drug-likeness (QED) is 0.726. The molecule has 0 saturated carbocycles. The number of aromatic nitrogens is 2. The van der Waals surface area contributed by atoms with Crippen molar-refractivity contribution in [3.05, 3.63) is 16.9 Å². The van der Waals surface area contributed by atoms with E-state index in [2.05, 4.69) is 31.2 Å². The lowest BCUT2D eigenvalue weighted by Gasteiger charge is -2.09. The minimum absolute atomic E-state index is 0.712. The van der Waals surface area contributed by atoms with Crippen LogP contribution in [0.25, 0.3) is 0 Å². The monoisotopic (exact) mass is 257 g/mol. The van der Waals surface area contributed by atoms with Crippen molar-refractivity contribution in [3.8, 4) is 0 Å². The zero-order valence-electron chi connectivity index (χ0n) is 11.2. The van der Waals surface area contributed by atoms with E-state index in [9.17, 15) is 0 Å². The number of aryl methyl sites for hydroxylation is 1. The number of nitrogens with zero attached hydrogens (tertiary/aromatic N) is 2. The second kappa shape index (κ2) is 7.72. The molecule has 0 aromatic carbocycles. The van der Waals surface area contributed by atoms with Gasteiger partial charge in [-0.1, -0.05) is 32.4 Å². The molecule has 0 unspecified atom stereocenters. The van der Waals surface area contributed by atoms with Gasteiger partial charge < -0.3 is 5.32 Å². The van der Waals surface area contributed by atoms with Gasteiger partial charge in [-0.3, -0.25) is 4.68 Å².